The molecule has 3 nitrogen and oxygen atoms in total. The Labute approximate surface area is 50.8 Å². The highest BCUT2D eigenvalue weighted by Gasteiger charge is 2.27. The van der Waals surface area contributed by atoms with Crippen molar-refractivity contribution < 1.29 is 13.3 Å². The van der Waals surface area contributed by atoms with Crippen LogP contribution in [0, 0.1) is 0 Å². The average molecular weight is 156 g/mol. The summed E-state index contributed by atoms with van der Waals surface area (Å²) in [5.41, 5.74) is 0. The summed E-state index contributed by atoms with van der Waals surface area (Å²) >= 11 is 0. The first kappa shape index (κ1) is 8.29. The molecule has 0 aliphatic carbocycles. The van der Waals surface area contributed by atoms with Crippen LogP contribution in [-0.2, 0) is 9.94 Å². The lowest BCUT2D eigenvalue weighted by Crippen LogP contribution is -2.38. The molecule has 0 atom stereocenters. The molecule has 0 aliphatic rings. The van der Waals surface area contributed by atoms with Crippen molar-refractivity contribution in [3.8, 4) is 0 Å². The molecule has 0 unspecified atom stereocenters. The Morgan fingerprint density at radius 2 is 1.38 bits per heavy atom. The van der Waals surface area contributed by atoms with E-state index >= 15 is 0 Å². The molecule has 0 saturated carbocycles. The smallest absolute Gasteiger partial charge is 0.179 e. The number of rotatable bonds is 1. The lowest BCUT2D eigenvalue weighted by molar-refractivity contribution is 0.441. The third-order valence-electron chi connectivity index (χ3n) is 0.874. The Hall–Kier alpha value is 0.287. The van der Waals surface area contributed by atoms with Gasteiger partial charge in [-0.3, -0.25) is 0 Å². The van der Waals surface area contributed by atoms with Gasteiger partial charge in [0.05, 0.1) is 0 Å². The van der Waals surface area contributed by atoms with Gasteiger partial charge in [0.1, 0.15) is 0 Å². The SMILES string of the molecule is C[Si](C)(C)[SH](=O)(O)O. The molecule has 8 heavy (non-hydrogen) atoms. The van der Waals surface area contributed by atoms with Crippen molar-refractivity contribution in [2.45, 2.75) is 19.6 Å². The maximum Gasteiger partial charge on any atom is 0.179 e. The van der Waals surface area contributed by atoms with E-state index in [1.807, 2.05) is 0 Å². The maximum atomic E-state index is 10.4. The van der Waals surface area contributed by atoms with E-state index in [-0.39, 0.29) is 0 Å². The topological polar surface area (TPSA) is 57.5 Å². The molecule has 0 radical (unpaired) electrons. The summed E-state index contributed by atoms with van der Waals surface area (Å²) in [5, 5.41) is 0. The predicted molar refractivity (Wildman–Crippen MR) is 38.1 cm³/mol. The van der Waals surface area contributed by atoms with Crippen molar-refractivity contribution in [3.63, 3.8) is 0 Å². The molecule has 0 saturated heterocycles. The highest BCUT2D eigenvalue weighted by molar-refractivity contribution is 8.22. The molecule has 0 spiro atoms. The third kappa shape index (κ3) is 2.04. The minimum absolute atomic E-state index is 1.65. The summed E-state index contributed by atoms with van der Waals surface area (Å²) in [6.45, 7) is 4.94. The monoisotopic (exact) mass is 156 g/mol. The normalized spacial score (nSPS) is 16.1. The van der Waals surface area contributed by atoms with Crippen molar-refractivity contribution in [3.05, 3.63) is 0 Å². The standard InChI is InChI=1S/C3H12O3SSi/c1-8(2,3)7(4,5)6/h7H,1-3H3,(H2,4,5,6). The lowest BCUT2D eigenvalue weighted by Gasteiger charge is -2.23. The molecule has 0 amide bonds. The molecule has 52 valence electrons. The van der Waals surface area contributed by atoms with Crippen LogP contribution in [0.3, 0.4) is 0 Å². The third-order valence-corrected chi connectivity index (χ3v) is 7.86. The summed E-state index contributed by atoms with van der Waals surface area (Å²) in [4.78, 5) is 0. The van der Waals surface area contributed by atoms with Gasteiger partial charge >= 0.3 is 0 Å². The summed E-state index contributed by atoms with van der Waals surface area (Å²) in [6, 6.07) is 0. The molecule has 0 bridgehead atoms. The van der Waals surface area contributed by atoms with E-state index in [9.17, 15) is 4.21 Å². The quantitative estimate of drug-likeness (QED) is 0.388. The van der Waals surface area contributed by atoms with Gasteiger partial charge in [-0.2, -0.15) is 0 Å². The second-order valence-electron chi connectivity index (χ2n) is 2.71. The number of hydrogen-bond donors (Lipinski definition) is 3. The van der Waals surface area contributed by atoms with Crippen LogP contribution in [0.2, 0.25) is 19.6 Å². The van der Waals surface area contributed by atoms with Crippen LogP contribution in [-0.4, -0.2) is 20.5 Å². The van der Waals surface area contributed by atoms with E-state index in [1.165, 1.54) is 0 Å². The number of thiol groups is 1. The molecule has 0 aromatic heterocycles. The second kappa shape index (κ2) is 1.91. The zero-order valence-corrected chi connectivity index (χ0v) is 7.14. The van der Waals surface area contributed by atoms with Crippen LogP contribution in [0.5, 0.6) is 0 Å². The van der Waals surface area contributed by atoms with Crippen LogP contribution < -0.4 is 0 Å². The Balaban J connectivity index is 4.26. The first-order valence-electron chi connectivity index (χ1n) is 2.31. The first-order valence-corrected chi connectivity index (χ1v) is 8.26. The van der Waals surface area contributed by atoms with Gasteiger partial charge < -0.3 is 9.11 Å². The lowest BCUT2D eigenvalue weighted by atomic mass is 11.8. The number of hydrogen-bond acceptors (Lipinski definition) is 1. The summed E-state index contributed by atoms with van der Waals surface area (Å²) < 4.78 is 27.5. The minimum Gasteiger partial charge on any atom is -0.314 e. The van der Waals surface area contributed by atoms with Crippen molar-refractivity contribution in [2.75, 3.05) is 0 Å². The van der Waals surface area contributed by atoms with Gasteiger partial charge in [-0.1, -0.05) is 19.6 Å². The van der Waals surface area contributed by atoms with Crippen LogP contribution in [0.15, 0.2) is 0 Å². The zero-order valence-electron chi connectivity index (χ0n) is 5.25. The average Bonchev–Trinajstić information content (AvgIpc) is 1.25. The Morgan fingerprint density at radius 3 is 1.38 bits per heavy atom. The van der Waals surface area contributed by atoms with Gasteiger partial charge in [-0.05, 0) is 0 Å². The van der Waals surface area contributed by atoms with Crippen LogP contribution in [0.25, 0.3) is 0 Å². The summed E-state index contributed by atoms with van der Waals surface area (Å²) in [5.74, 6) is 0. The second-order valence-corrected chi connectivity index (χ2v) is 13.9. The largest absolute Gasteiger partial charge is 0.314 e. The Morgan fingerprint density at radius 1 is 1.25 bits per heavy atom. The molecule has 0 aromatic carbocycles. The molecular formula is C3H12O3SSi. The summed E-state index contributed by atoms with van der Waals surface area (Å²) in [6.07, 6.45) is 0. The van der Waals surface area contributed by atoms with Gasteiger partial charge in [0.2, 0.25) is 0 Å². The molecule has 5 heteroatoms. The fourth-order valence-corrected chi connectivity index (χ4v) is 0. The predicted octanol–water partition coefficient (Wildman–Crippen LogP) is 0.784. The van der Waals surface area contributed by atoms with Crippen LogP contribution in [0.1, 0.15) is 0 Å². The highest BCUT2D eigenvalue weighted by atomic mass is 32.5. The fourth-order valence-electron chi connectivity index (χ4n) is 0. The van der Waals surface area contributed by atoms with E-state index in [2.05, 4.69) is 0 Å². The van der Waals surface area contributed by atoms with Gasteiger partial charge in [-0.25, -0.2) is 4.21 Å². The van der Waals surface area contributed by atoms with Gasteiger partial charge in [0, 0.05) is 9.94 Å². The van der Waals surface area contributed by atoms with Crippen molar-refractivity contribution in [2.24, 2.45) is 0 Å². The van der Waals surface area contributed by atoms with Crippen molar-refractivity contribution in [1.82, 2.24) is 0 Å². The molecule has 0 aliphatic heterocycles. The summed E-state index contributed by atoms with van der Waals surface area (Å²) in [7, 11) is -5.90. The Bertz CT molecular complexity index is 121. The van der Waals surface area contributed by atoms with Gasteiger partial charge in [-0.15, -0.1) is 0 Å². The molecule has 2 N–H and O–H groups in total. The van der Waals surface area contributed by atoms with E-state index < -0.39 is 17.2 Å². The van der Waals surface area contributed by atoms with E-state index in [0.717, 1.165) is 0 Å². The highest BCUT2D eigenvalue weighted by Crippen LogP contribution is 2.12. The van der Waals surface area contributed by atoms with E-state index in [1.54, 1.807) is 19.6 Å². The van der Waals surface area contributed by atoms with Crippen LogP contribution >= 0.6 is 0 Å². The van der Waals surface area contributed by atoms with E-state index in [4.69, 9.17) is 9.11 Å². The molecular weight excluding hydrogens is 144 g/mol. The van der Waals surface area contributed by atoms with Gasteiger partial charge in [0.25, 0.3) is 0 Å². The fraction of sp³-hybridized carbons (Fsp3) is 1.00. The first-order chi connectivity index (χ1) is 3.25. The Kier molecular flexibility index (Phi) is 1.98. The molecule has 0 heterocycles. The van der Waals surface area contributed by atoms with Crippen molar-refractivity contribution in [1.29, 1.82) is 0 Å². The molecule has 0 rings (SSSR count). The zero-order chi connectivity index (χ0) is 7.00. The minimum atomic E-state index is -3.71. The maximum absolute atomic E-state index is 10.4. The van der Waals surface area contributed by atoms with Gasteiger partial charge in [0.15, 0.2) is 7.22 Å². The van der Waals surface area contributed by atoms with E-state index in [0.29, 0.717) is 0 Å². The molecule has 0 aromatic rings. The van der Waals surface area contributed by atoms with Crippen molar-refractivity contribution >= 4 is 17.2 Å². The molecule has 0 fully saturated rings. The van der Waals surface area contributed by atoms with Crippen LogP contribution in [0.4, 0.5) is 0 Å².